The topological polar surface area (TPSA) is 102 Å². The third-order valence-electron chi connectivity index (χ3n) is 9.03. The fourth-order valence-electron chi connectivity index (χ4n) is 6.68. The first-order valence-electron chi connectivity index (χ1n) is 14.8. The molecule has 44 heavy (non-hydrogen) atoms. The van der Waals surface area contributed by atoms with E-state index in [9.17, 15) is 31.5 Å². The molecule has 5 atom stereocenters. The molecule has 13 heteroatoms. The Balaban J connectivity index is 1.36. The first kappa shape index (κ1) is 32.4. The van der Waals surface area contributed by atoms with E-state index in [2.05, 4.69) is 16.6 Å². The summed E-state index contributed by atoms with van der Waals surface area (Å²) in [4.78, 5) is 16.8. The van der Waals surface area contributed by atoms with Crippen molar-refractivity contribution >= 4 is 21.6 Å². The number of hydrogen-bond acceptors (Lipinski definition) is 6. The lowest BCUT2D eigenvalue weighted by Crippen LogP contribution is -2.45. The number of β-amino-alcohol motifs (C(OH)–C–C–N with tert-alkyl or cyclic N) is 1. The van der Waals surface area contributed by atoms with Crippen molar-refractivity contribution in [2.45, 2.75) is 49.7 Å². The second-order valence-electron chi connectivity index (χ2n) is 12.1. The highest BCUT2D eigenvalue weighted by Crippen LogP contribution is 2.46. The fourth-order valence-corrected chi connectivity index (χ4v) is 7.27. The highest BCUT2D eigenvalue weighted by atomic mass is 32.2. The van der Waals surface area contributed by atoms with Gasteiger partial charge < -0.3 is 20.2 Å². The summed E-state index contributed by atoms with van der Waals surface area (Å²) < 4.78 is 81.4. The minimum atomic E-state index is -4.49. The first-order chi connectivity index (χ1) is 20.8. The summed E-state index contributed by atoms with van der Waals surface area (Å²) in [6.45, 7) is 5.36. The van der Waals surface area contributed by atoms with Crippen LogP contribution < -0.4 is 14.9 Å². The Morgan fingerprint density at radius 2 is 1.84 bits per heavy atom. The Bertz CT molecular complexity index is 1430. The van der Waals surface area contributed by atoms with E-state index in [1.807, 2.05) is 4.90 Å². The number of sulfonamides is 1. The van der Waals surface area contributed by atoms with Crippen LogP contribution in [0.5, 0.6) is 0 Å². The number of aliphatic hydroxyl groups excluding tert-OH is 1. The van der Waals surface area contributed by atoms with E-state index in [1.54, 1.807) is 29.2 Å². The summed E-state index contributed by atoms with van der Waals surface area (Å²) in [7, 11) is -3.55. The first-order valence-corrected chi connectivity index (χ1v) is 16.4. The van der Waals surface area contributed by atoms with E-state index in [0.717, 1.165) is 24.1 Å². The molecule has 0 spiro atoms. The number of carbonyl (C=O) groups excluding carboxylic acids is 1. The van der Waals surface area contributed by atoms with Gasteiger partial charge in [-0.1, -0.05) is 18.7 Å². The van der Waals surface area contributed by atoms with Gasteiger partial charge >= 0.3 is 6.18 Å². The number of benzene rings is 2. The molecule has 5 rings (SSSR count). The van der Waals surface area contributed by atoms with Crippen LogP contribution in [-0.2, 0) is 16.2 Å². The van der Waals surface area contributed by atoms with Gasteiger partial charge in [0, 0.05) is 55.3 Å². The van der Waals surface area contributed by atoms with E-state index in [1.165, 1.54) is 12.1 Å². The molecule has 3 aliphatic heterocycles. The van der Waals surface area contributed by atoms with Crippen LogP contribution in [0.25, 0.3) is 0 Å². The molecule has 3 fully saturated rings. The van der Waals surface area contributed by atoms with Crippen LogP contribution in [0.3, 0.4) is 0 Å². The molecular formula is C31H38F4N4O4S. The number of anilines is 1. The fraction of sp³-hybridized carbons (Fsp3) is 0.516. The van der Waals surface area contributed by atoms with Crippen LogP contribution in [0.15, 0.2) is 60.5 Å². The third kappa shape index (κ3) is 7.27. The molecule has 1 amide bonds. The Morgan fingerprint density at radius 1 is 1.14 bits per heavy atom. The molecule has 2 aromatic carbocycles. The number of piperidine rings is 1. The SMILES string of the molecule is C=CS(=O)(=O)NCC1CCN(C(=O)c2ccc(C3C(CC4(F)CCCNC4)C(O)CN3c3ccc(C(F)(F)F)cc3)cc2)C1. The van der Waals surface area contributed by atoms with Gasteiger partial charge in [-0.25, -0.2) is 17.5 Å². The zero-order valence-corrected chi connectivity index (χ0v) is 25.1. The highest BCUT2D eigenvalue weighted by Gasteiger charge is 2.47. The molecule has 3 N–H and O–H groups in total. The summed E-state index contributed by atoms with van der Waals surface area (Å²) >= 11 is 0. The second kappa shape index (κ2) is 12.8. The number of likely N-dealkylation sites (tertiary alicyclic amines) is 1. The number of aliphatic hydroxyl groups is 1. The summed E-state index contributed by atoms with van der Waals surface area (Å²) in [5.74, 6) is -0.778. The van der Waals surface area contributed by atoms with E-state index in [0.29, 0.717) is 49.2 Å². The maximum Gasteiger partial charge on any atom is 0.416 e. The third-order valence-corrected chi connectivity index (χ3v) is 10.0. The van der Waals surface area contributed by atoms with Crippen LogP contribution >= 0.6 is 0 Å². The van der Waals surface area contributed by atoms with Crippen LogP contribution in [-0.4, -0.2) is 75.4 Å². The summed E-state index contributed by atoms with van der Waals surface area (Å²) in [5, 5.41) is 15.1. The molecule has 8 nitrogen and oxygen atoms in total. The smallest absolute Gasteiger partial charge is 0.391 e. The Kier molecular flexibility index (Phi) is 9.41. The number of nitrogens with one attached hydrogen (secondary N) is 2. The van der Waals surface area contributed by atoms with E-state index in [4.69, 9.17) is 0 Å². The number of alkyl halides is 4. The minimum absolute atomic E-state index is 0.0340. The van der Waals surface area contributed by atoms with E-state index in [-0.39, 0.29) is 37.9 Å². The van der Waals surface area contributed by atoms with Crippen molar-refractivity contribution in [3.05, 3.63) is 77.2 Å². The van der Waals surface area contributed by atoms with Crippen molar-refractivity contribution in [3.8, 4) is 0 Å². The van der Waals surface area contributed by atoms with Crippen LogP contribution in [0, 0.1) is 11.8 Å². The van der Waals surface area contributed by atoms with Gasteiger partial charge in [0.05, 0.1) is 17.7 Å². The van der Waals surface area contributed by atoms with Gasteiger partial charge in [0.25, 0.3) is 5.91 Å². The number of hydrogen-bond donors (Lipinski definition) is 3. The standard InChI is InChI=1S/C31H38F4N4O4S/c1-2-44(42,43)37-17-21-12-15-38(18-21)29(41)23-6-4-22(5-7-23)28-26(16-30(32)13-3-14-36-20-30)27(40)19-39(28)25-10-8-24(9-11-25)31(33,34)35/h2,4-11,21,26-28,36-37,40H,1,3,12-20H2. The van der Waals surface area contributed by atoms with Gasteiger partial charge in [0.2, 0.25) is 10.0 Å². The lowest BCUT2D eigenvalue weighted by atomic mass is 9.80. The van der Waals surface area contributed by atoms with Gasteiger partial charge in [0.15, 0.2) is 0 Å². The van der Waals surface area contributed by atoms with Gasteiger partial charge in [0.1, 0.15) is 5.67 Å². The van der Waals surface area contributed by atoms with E-state index >= 15 is 4.39 Å². The monoisotopic (exact) mass is 638 g/mol. The molecule has 0 saturated carbocycles. The normalized spacial score (nSPS) is 27.9. The second-order valence-corrected chi connectivity index (χ2v) is 13.8. The molecule has 0 aliphatic carbocycles. The van der Waals surface area contributed by atoms with Crippen molar-refractivity contribution in [2.75, 3.05) is 44.2 Å². The largest absolute Gasteiger partial charge is 0.416 e. The minimum Gasteiger partial charge on any atom is -0.391 e. The van der Waals surface area contributed by atoms with Crippen molar-refractivity contribution in [1.29, 1.82) is 0 Å². The lowest BCUT2D eigenvalue weighted by Gasteiger charge is -2.36. The molecule has 3 aliphatic rings. The molecule has 5 unspecified atom stereocenters. The Morgan fingerprint density at radius 3 is 2.45 bits per heavy atom. The van der Waals surface area contributed by atoms with Gasteiger partial charge in [-0.2, -0.15) is 13.2 Å². The van der Waals surface area contributed by atoms with Crippen LogP contribution in [0.1, 0.15) is 53.2 Å². The molecule has 0 bridgehead atoms. The molecule has 240 valence electrons. The predicted molar refractivity (Wildman–Crippen MR) is 159 cm³/mol. The average Bonchev–Trinajstić information content (AvgIpc) is 3.60. The summed E-state index contributed by atoms with van der Waals surface area (Å²) in [6, 6.07) is 11.1. The van der Waals surface area contributed by atoms with Gasteiger partial charge in [-0.15, -0.1) is 0 Å². The zero-order chi connectivity index (χ0) is 31.7. The molecular weight excluding hydrogens is 600 g/mol. The van der Waals surface area contributed by atoms with Crippen LogP contribution in [0.4, 0.5) is 23.2 Å². The number of rotatable bonds is 9. The van der Waals surface area contributed by atoms with Crippen molar-refractivity contribution in [3.63, 3.8) is 0 Å². The number of carbonyl (C=O) groups is 1. The van der Waals surface area contributed by atoms with Crippen molar-refractivity contribution < 1.29 is 35.9 Å². The maximum atomic E-state index is 15.9. The molecule has 3 heterocycles. The Hall–Kier alpha value is -3.00. The number of amides is 1. The lowest BCUT2D eigenvalue weighted by molar-refractivity contribution is -0.137. The summed E-state index contributed by atoms with van der Waals surface area (Å²) in [5.41, 5.74) is -0.686. The highest BCUT2D eigenvalue weighted by molar-refractivity contribution is 7.92. The Labute approximate surface area is 255 Å². The molecule has 0 aromatic heterocycles. The summed E-state index contributed by atoms with van der Waals surface area (Å²) in [6.07, 6.45) is -3.66. The van der Waals surface area contributed by atoms with Crippen LogP contribution in [0.2, 0.25) is 0 Å². The van der Waals surface area contributed by atoms with Gasteiger partial charge in [-0.3, -0.25) is 4.79 Å². The van der Waals surface area contributed by atoms with Gasteiger partial charge in [-0.05, 0) is 80.1 Å². The molecule has 3 saturated heterocycles. The van der Waals surface area contributed by atoms with Crippen molar-refractivity contribution in [1.82, 2.24) is 14.9 Å². The quantitative estimate of drug-likeness (QED) is 0.355. The van der Waals surface area contributed by atoms with E-state index < -0.39 is 45.5 Å². The number of halogens is 4. The molecule has 0 radical (unpaired) electrons. The van der Waals surface area contributed by atoms with Crippen molar-refractivity contribution in [2.24, 2.45) is 11.8 Å². The maximum absolute atomic E-state index is 15.9. The average molecular weight is 639 g/mol. The molecule has 2 aromatic rings. The number of nitrogens with zero attached hydrogens (tertiary/aromatic N) is 2. The predicted octanol–water partition coefficient (Wildman–Crippen LogP) is 4.25. The zero-order valence-electron chi connectivity index (χ0n) is 24.3.